The van der Waals surface area contributed by atoms with Crippen molar-refractivity contribution >= 4 is 22.8 Å². The molecule has 0 bridgehead atoms. The van der Waals surface area contributed by atoms with Gasteiger partial charge in [-0.25, -0.2) is 9.78 Å². The number of aliphatic hydroxyl groups is 1. The predicted molar refractivity (Wildman–Crippen MR) is 150 cm³/mol. The second-order valence-electron chi connectivity index (χ2n) is 10.7. The summed E-state index contributed by atoms with van der Waals surface area (Å²) in [5.74, 6) is 0.363. The van der Waals surface area contributed by atoms with E-state index in [9.17, 15) is 14.7 Å². The molecular weight excluding hydrogens is 530 g/mol. The summed E-state index contributed by atoms with van der Waals surface area (Å²) in [5.41, 5.74) is 2.67. The molecular formula is C30H35N3O8. The summed E-state index contributed by atoms with van der Waals surface area (Å²) in [5, 5.41) is 23.1. The van der Waals surface area contributed by atoms with Gasteiger partial charge in [0.05, 0.1) is 29.0 Å². The molecule has 0 amide bonds. The summed E-state index contributed by atoms with van der Waals surface area (Å²) in [6.45, 7) is 9.31. The molecule has 0 fully saturated rings. The molecule has 3 N–H and O–H groups in total. The van der Waals surface area contributed by atoms with Crippen LogP contribution >= 0.6 is 0 Å². The van der Waals surface area contributed by atoms with Crippen molar-refractivity contribution in [3.8, 4) is 22.9 Å². The number of hydrogen-bond acceptors (Lipinski definition) is 9. The molecule has 0 saturated heterocycles. The van der Waals surface area contributed by atoms with Crippen LogP contribution in [0.5, 0.6) is 11.5 Å². The third kappa shape index (κ3) is 5.04. The number of nitrogens with one attached hydrogen (secondary N) is 1. The highest BCUT2D eigenvalue weighted by atomic mass is 16.7. The van der Waals surface area contributed by atoms with Crippen molar-refractivity contribution in [3.05, 3.63) is 50.8 Å². The summed E-state index contributed by atoms with van der Waals surface area (Å²) < 4.78 is 18.1. The van der Waals surface area contributed by atoms with Crippen LogP contribution < -0.4 is 20.3 Å². The van der Waals surface area contributed by atoms with Crippen molar-refractivity contribution in [1.82, 2.24) is 14.9 Å². The van der Waals surface area contributed by atoms with E-state index in [1.807, 2.05) is 12.1 Å². The van der Waals surface area contributed by atoms with Gasteiger partial charge in [0.2, 0.25) is 6.79 Å². The second-order valence-corrected chi connectivity index (χ2v) is 10.7. The fourth-order valence-corrected chi connectivity index (χ4v) is 5.54. The van der Waals surface area contributed by atoms with Crippen LogP contribution in [0.3, 0.4) is 0 Å². The Morgan fingerprint density at radius 1 is 1.15 bits per heavy atom. The Balaban J connectivity index is 0.000000794. The maximum absolute atomic E-state index is 13.6. The van der Waals surface area contributed by atoms with E-state index < -0.39 is 17.5 Å². The number of ether oxygens (including phenoxy) is 3. The number of aromatic nitrogens is 2. The number of nitrogens with zero attached hydrogens (tertiary/aromatic N) is 2. The van der Waals surface area contributed by atoms with Crippen LogP contribution in [-0.2, 0) is 39.5 Å². The van der Waals surface area contributed by atoms with Gasteiger partial charge < -0.3 is 34.3 Å². The average Bonchev–Trinajstić information content (AvgIpc) is 3.55. The highest BCUT2D eigenvalue weighted by Gasteiger charge is 2.45. The van der Waals surface area contributed by atoms with Crippen molar-refractivity contribution in [2.75, 3.05) is 19.9 Å². The highest BCUT2D eigenvalue weighted by Crippen LogP contribution is 2.43. The molecule has 11 heteroatoms. The number of aliphatic carboxylic acids is 1. The first-order valence-corrected chi connectivity index (χ1v) is 13.9. The molecule has 3 aliphatic rings. The smallest absolute Gasteiger partial charge is 0.343 e. The van der Waals surface area contributed by atoms with Gasteiger partial charge in [-0.1, -0.05) is 27.2 Å². The lowest BCUT2D eigenvalue weighted by molar-refractivity contribution is -0.172. The molecule has 2 atom stereocenters. The molecule has 3 aromatic rings. The number of pyridine rings is 2. The largest absolute Gasteiger partial charge is 0.481 e. The lowest BCUT2D eigenvalue weighted by Gasteiger charge is -2.31. The molecule has 1 aromatic carbocycles. The third-order valence-electron chi connectivity index (χ3n) is 8.04. The van der Waals surface area contributed by atoms with E-state index in [2.05, 4.69) is 19.2 Å². The average molecular weight is 566 g/mol. The van der Waals surface area contributed by atoms with Gasteiger partial charge in [0, 0.05) is 29.5 Å². The second kappa shape index (κ2) is 11.1. The van der Waals surface area contributed by atoms with Crippen LogP contribution in [0, 0.1) is 5.92 Å². The van der Waals surface area contributed by atoms with Crippen molar-refractivity contribution in [2.24, 2.45) is 5.92 Å². The minimum atomic E-state index is -1.85. The van der Waals surface area contributed by atoms with Crippen LogP contribution in [-0.4, -0.2) is 51.6 Å². The lowest BCUT2D eigenvalue weighted by Crippen LogP contribution is -2.44. The van der Waals surface area contributed by atoms with Crippen LogP contribution in [0.15, 0.2) is 23.0 Å². The number of hydrogen-bond donors (Lipinski definition) is 3. The molecule has 6 rings (SSSR count). The van der Waals surface area contributed by atoms with Crippen molar-refractivity contribution in [2.45, 2.75) is 65.7 Å². The molecule has 0 saturated carbocycles. The third-order valence-corrected chi connectivity index (χ3v) is 8.04. The zero-order valence-corrected chi connectivity index (χ0v) is 23.7. The Kier molecular flexibility index (Phi) is 7.76. The first kappa shape index (κ1) is 28.6. The number of esters is 1. The number of benzene rings is 1. The van der Waals surface area contributed by atoms with Gasteiger partial charge in [0.25, 0.3) is 11.5 Å². The van der Waals surface area contributed by atoms with Crippen LogP contribution in [0.4, 0.5) is 0 Å². The monoisotopic (exact) mass is 565 g/mol. The Bertz CT molecular complexity index is 1590. The van der Waals surface area contributed by atoms with Crippen molar-refractivity contribution < 1.29 is 34.0 Å². The van der Waals surface area contributed by atoms with Gasteiger partial charge >= 0.3 is 5.97 Å². The summed E-state index contributed by atoms with van der Waals surface area (Å²) in [7, 11) is 0. The number of carboxylic acids is 1. The van der Waals surface area contributed by atoms with Crippen molar-refractivity contribution in [3.63, 3.8) is 0 Å². The Hall–Kier alpha value is -3.96. The van der Waals surface area contributed by atoms with E-state index in [0.717, 1.165) is 54.9 Å². The van der Waals surface area contributed by atoms with Gasteiger partial charge in [0.1, 0.15) is 6.61 Å². The van der Waals surface area contributed by atoms with E-state index in [1.54, 1.807) is 17.6 Å². The number of fused-ring (bicyclic) bond motifs is 6. The van der Waals surface area contributed by atoms with Gasteiger partial charge in [0.15, 0.2) is 17.1 Å². The van der Waals surface area contributed by atoms with Gasteiger partial charge in [-0.3, -0.25) is 9.59 Å². The van der Waals surface area contributed by atoms with Gasteiger partial charge in [-0.2, -0.15) is 0 Å². The fraction of sp³-hybridized carbons (Fsp3) is 0.467. The topological polar surface area (TPSA) is 149 Å². The van der Waals surface area contributed by atoms with E-state index in [4.69, 9.17) is 29.1 Å². The molecule has 2 unspecified atom stereocenters. The predicted octanol–water partition coefficient (Wildman–Crippen LogP) is 3.08. The Labute approximate surface area is 237 Å². The molecule has 3 aliphatic heterocycles. The molecule has 0 radical (unpaired) electrons. The number of carbonyl (C=O) groups is 2. The zero-order valence-electron chi connectivity index (χ0n) is 23.7. The van der Waals surface area contributed by atoms with E-state index in [-0.39, 0.29) is 25.4 Å². The summed E-state index contributed by atoms with van der Waals surface area (Å²) in [6.07, 6.45) is 1.97. The van der Waals surface area contributed by atoms with Crippen molar-refractivity contribution in [1.29, 1.82) is 0 Å². The van der Waals surface area contributed by atoms with Crippen LogP contribution in [0.1, 0.15) is 62.8 Å². The summed E-state index contributed by atoms with van der Waals surface area (Å²) in [6, 6.07) is 5.62. The molecule has 0 spiro atoms. The summed E-state index contributed by atoms with van der Waals surface area (Å²) in [4.78, 5) is 40.1. The van der Waals surface area contributed by atoms with E-state index >= 15 is 0 Å². The lowest BCUT2D eigenvalue weighted by atomic mass is 9.86. The van der Waals surface area contributed by atoms with Gasteiger partial charge in [-0.05, 0) is 49.5 Å². The highest BCUT2D eigenvalue weighted by molar-refractivity contribution is 5.91. The maximum atomic E-state index is 13.6. The number of carbonyl (C=O) groups excluding carboxylic acids is 1. The first-order valence-electron chi connectivity index (χ1n) is 13.9. The zero-order chi connectivity index (χ0) is 29.5. The van der Waals surface area contributed by atoms with Gasteiger partial charge in [-0.15, -0.1) is 0 Å². The van der Waals surface area contributed by atoms with Crippen LogP contribution in [0.2, 0.25) is 0 Å². The molecule has 41 heavy (non-hydrogen) atoms. The molecule has 5 heterocycles. The Morgan fingerprint density at radius 2 is 1.85 bits per heavy atom. The van der Waals surface area contributed by atoms with E-state index in [1.165, 1.54) is 0 Å². The minimum absolute atomic E-state index is 0.107. The normalized spacial score (nSPS) is 18.6. The quantitative estimate of drug-likeness (QED) is 0.225. The maximum Gasteiger partial charge on any atom is 0.343 e. The number of cyclic esters (lactones) is 1. The minimum Gasteiger partial charge on any atom is -0.481 e. The fourth-order valence-electron chi connectivity index (χ4n) is 5.54. The molecule has 0 aliphatic carbocycles. The first-order chi connectivity index (χ1) is 19.6. The number of carboxylic acid groups (broad SMARTS) is 1. The van der Waals surface area contributed by atoms with Crippen LogP contribution in [0.25, 0.3) is 22.3 Å². The SMILES string of the molecule is CC(=O)O.CCC(C)CNCCc1c2c(nc3cc4c(cc13)OCO4)-c1cc3c(c(=O)n1C2)COC(=O)C3(O)CC. The molecule has 218 valence electrons. The summed E-state index contributed by atoms with van der Waals surface area (Å²) >= 11 is 0. The molecule has 11 nitrogen and oxygen atoms in total. The molecule has 2 aromatic heterocycles. The van der Waals surface area contributed by atoms with E-state index in [0.29, 0.717) is 46.5 Å². The standard InChI is InChI=1S/C28H31N3O6.C2H4O2/c1-4-15(3)11-29-7-6-16-17-8-23-24(37-14-36-23)10-21(17)30-25-18(16)12-31-22(25)9-20-19(26(31)32)13-35-27(33)28(20,34)5-2;1-2(3)4/h8-10,15,29,34H,4-7,11-14H2,1-3H3;1H3,(H,3,4). The Morgan fingerprint density at radius 3 is 2.54 bits per heavy atom. The number of rotatable bonds is 7.